The molecule has 94 valence electrons. The van der Waals surface area contributed by atoms with Crippen LogP contribution in [-0.2, 0) is 0 Å². The molecule has 0 saturated heterocycles. The summed E-state index contributed by atoms with van der Waals surface area (Å²) in [4.78, 5) is 2.20. The molecule has 0 aliphatic rings. The number of hydrogen-bond acceptors (Lipinski definition) is 2. The van der Waals surface area contributed by atoms with Crippen LogP contribution >= 0.6 is 0 Å². The standard InChI is InChI=1S/C14H23N3/c1-9(2)11(4)17(5)13-8-10(3)6-7-12(13)14(15)16/h6-9,11H,1-5H3,(H3,15,16). The van der Waals surface area contributed by atoms with Crippen LogP contribution in [0.2, 0.25) is 0 Å². The average molecular weight is 233 g/mol. The van der Waals surface area contributed by atoms with Crippen molar-refractivity contribution in [2.24, 2.45) is 11.7 Å². The van der Waals surface area contributed by atoms with Crippen molar-refractivity contribution in [3.8, 4) is 0 Å². The fourth-order valence-corrected chi connectivity index (χ4v) is 1.83. The first-order valence-electron chi connectivity index (χ1n) is 6.02. The highest BCUT2D eigenvalue weighted by Gasteiger charge is 2.17. The molecule has 0 radical (unpaired) electrons. The molecule has 0 aliphatic heterocycles. The van der Waals surface area contributed by atoms with Crippen LogP contribution in [0, 0.1) is 18.3 Å². The van der Waals surface area contributed by atoms with Gasteiger partial charge in [0.2, 0.25) is 0 Å². The summed E-state index contributed by atoms with van der Waals surface area (Å²) in [5.74, 6) is 0.683. The topological polar surface area (TPSA) is 53.1 Å². The number of nitrogen functional groups attached to an aromatic ring is 1. The fourth-order valence-electron chi connectivity index (χ4n) is 1.83. The number of nitrogens with two attached hydrogens (primary N) is 1. The predicted molar refractivity (Wildman–Crippen MR) is 74.9 cm³/mol. The number of hydrogen-bond donors (Lipinski definition) is 2. The molecule has 1 unspecified atom stereocenters. The largest absolute Gasteiger partial charge is 0.384 e. The van der Waals surface area contributed by atoms with Crippen LogP contribution in [0.5, 0.6) is 0 Å². The van der Waals surface area contributed by atoms with E-state index in [1.807, 2.05) is 12.1 Å². The lowest BCUT2D eigenvalue weighted by Gasteiger charge is -2.31. The number of benzene rings is 1. The van der Waals surface area contributed by atoms with Gasteiger partial charge in [-0.05, 0) is 37.5 Å². The number of amidine groups is 1. The van der Waals surface area contributed by atoms with Gasteiger partial charge in [-0.2, -0.15) is 0 Å². The zero-order valence-corrected chi connectivity index (χ0v) is 11.4. The molecule has 0 fully saturated rings. The zero-order chi connectivity index (χ0) is 13.2. The SMILES string of the molecule is Cc1ccc(C(=N)N)c(N(C)C(C)C(C)C)c1. The molecule has 0 amide bonds. The van der Waals surface area contributed by atoms with Crippen LogP contribution in [0.15, 0.2) is 18.2 Å². The van der Waals surface area contributed by atoms with Crippen molar-refractivity contribution in [3.05, 3.63) is 29.3 Å². The van der Waals surface area contributed by atoms with E-state index in [9.17, 15) is 0 Å². The molecule has 1 aromatic rings. The van der Waals surface area contributed by atoms with Crippen molar-refractivity contribution in [3.63, 3.8) is 0 Å². The molecule has 3 N–H and O–H groups in total. The van der Waals surface area contributed by atoms with Crippen LogP contribution in [-0.4, -0.2) is 18.9 Å². The third kappa shape index (κ3) is 2.99. The van der Waals surface area contributed by atoms with Crippen LogP contribution in [0.4, 0.5) is 5.69 Å². The summed E-state index contributed by atoms with van der Waals surface area (Å²) in [6.45, 7) is 8.65. The van der Waals surface area contributed by atoms with E-state index >= 15 is 0 Å². The van der Waals surface area contributed by atoms with Gasteiger partial charge in [-0.3, -0.25) is 5.41 Å². The average Bonchev–Trinajstić information content (AvgIpc) is 2.26. The second kappa shape index (κ2) is 5.21. The number of nitrogens with zero attached hydrogens (tertiary/aromatic N) is 1. The van der Waals surface area contributed by atoms with Gasteiger partial charge >= 0.3 is 0 Å². The van der Waals surface area contributed by atoms with Gasteiger partial charge in [-0.15, -0.1) is 0 Å². The number of rotatable bonds is 4. The summed E-state index contributed by atoms with van der Waals surface area (Å²) in [7, 11) is 2.06. The molecular formula is C14H23N3. The Bertz CT molecular complexity index is 410. The molecule has 0 aromatic heterocycles. The second-order valence-corrected chi connectivity index (χ2v) is 5.03. The molecule has 0 aliphatic carbocycles. The minimum absolute atomic E-state index is 0.128. The number of anilines is 1. The Kier molecular flexibility index (Phi) is 4.16. The molecule has 0 saturated carbocycles. The van der Waals surface area contributed by atoms with Crippen molar-refractivity contribution < 1.29 is 0 Å². The van der Waals surface area contributed by atoms with Crippen LogP contribution < -0.4 is 10.6 Å². The Balaban J connectivity index is 3.19. The van der Waals surface area contributed by atoms with E-state index in [0.717, 1.165) is 11.3 Å². The molecule has 1 aromatic carbocycles. The fraction of sp³-hybridized carbons (Fsp3) is 0.500. The van der Waals surface area contributed by atoms with E-state index in [1.165, 1.54) is 5.56 Å². The third-order valence-corrected chi connectivity index (χ3v) is 3.40. The summed E-state index contributed by atoms with van der Waals surface area (Å²) in [5, 5.41) is 7.64. The van der Waals surface area contributed by atoms with Gasteiger partial charge in [0.05, 0.1) is 0 Å². The van der Waals surface area contributed by atoms with E-state index < -0.39 is 0 Å². The summed E-state index contributed by atoms with van der Waals surface area (Å²) >= 11 is 0. The first-order chi connectivity index (χ1) is 7.84. The molecule has 0 spiro atoms. The molecule has 0 bridgehead atoms. The van der Waals surface area contributed by atoms with Gasteiger partial charge in [0, 0.05) is 24.3 Å². The van der Waals surface area contributed by atoms with E-state index in [4.69, 9.17) is 11.1 Å². The Morgan fingerprint density at radius 3 is 2.35 bits per heavy atom. The summed E-state index contributed by atoms with van der Waals surface area (Å²) < 4.78 is 0. The summed E-state index contributed by atoms with van der Waals surface area (Å²) in [6.07, 6.45) is 0. The first-order valence-corrected chi connectivity index (χ1v) is 6.02. The maximum absolute atomic E-state index is 7.64. The molecule has 3 nitrogen and oxygen atoms in total. The number of aryl methyl sites for hydroxylation is 1. The van der Waals surface area contributed by atoms with Crippen molar-refractivity contribution in [1.82, 2.24) is 0 Å². The van der Waals surface area contributed by atoms with Gasteiger partial charge < -0.3 is 10.6 Å². The molecule has 17 heavy (non-hydrogen) atoms. The quantitative estimate of drug-likeness (QED) is 0.620. The molecular weight excluding hydrogens is 210 g/mol. The lowest BCUT2D eigenvalue weighted by Crippen LogP contribution is -2.34. The summed E-state index contributed by atoms with van der Waals surface area (Å²) in [5.41, 5.74) is 8.67. The van der Waals surface area contributed by atoms with E-state index in [1.54, 1.807) is 0 Å². The highest BCUT2D eigenvalue weighted by atomic mass is 15.1. The molecule has 1 atom stereocenters. The van der Waals surface area contributed by atoms with Gasteiger partial charge in [0.15, 0.2) is 0 Å². The van der Waals surface area contributed by atoms with Gasteiger partial charge in [-0.1, -0.05) is 19.9 Å². The Labute approximate surface area is 104 Å². The van der Waals surface area contributed by atoms with Crippen molar-refractivity contribution >= 4 is 11.5 Å². The highest BCUT2D eigenvalue weighted by molar-refractivity contribution is 6.00. The Morgan fingerprint density at radius 1 is 1.29 bits per heavy atom. The Morgan fingerprint density at radius 2 is 1.88 bits per heavy atom. The van der Waals surface area contributed by atoms with Gasteiger partial charge in [0.25, 0.3) is 0 Å². The van der Waals surface area contributed by atoms with Crippen LogP contribution in [0.1, 0.15) is 31.9 Å². The second-order valence-electron chi connectivity index (χ2n) is 5.03. The lowest BCUT2D eigenvalue weighted by atomic mass is 10.0. The van der Waals surface area contributed by atoms with Crippen LogP contribution in [0.3, 0.4) is 0 Å². The van der Waals surface area contributed by atoms with Crippen molar-refractivity contribution in [2.75, 3.05) is 11.9 Å². The van der Waals surface area contributed by atoms with Crippen molar-refractivity contribution in [2.45, 2.75) is 33.7 Å². The summed E-state index contributed by atoms with van der Waals surface area (Å²) in [6, 6.07) is 6.43. The van der Waals surface area contributed by atoms with Crippen molar-refractivity contribution in [1.29, 1.82) is 5.41 Å². The Hall–Kier alpha value is -1.51. The van der Waals surface area contributed by atoms with E-state index in [0.29, 0.717) is 12.0 Å². The van der Waals surface area contributed by atoms with E-state index in [2.05, 4.69) is 45.7 Å². The van der Waals surface area contributed by atoms with Crippen LogP contribution in [0.25, 0.3) is 0 Å². The first kappa shape index (κ1) is 13.6. The van der Waals surface area contributed by atoms with Gasteiger partial charge in [0.1, 0.15) is 5.84 Å². The van der Waals surface area contributed by atoms with E-state index in [-0.39, 0.29) is 5.84 Å². The normalized spacial score (nSPS) is 12.6. The molecule has 3 heteroatoms. The third-order valence-electron chi connectivity index (χ3n) is 3.40. The predicted octanol–water partition coefficient (Wildman–Crippen LogP) is 2.76. The highest BCUT2D eigenvalue weighted by Crippen LogP contribution is 2.24. The molecule has 1 rings (SSSR count). The minimum atomic E-state index is 0.128. The zero-order valence-electron chi connectivity index (χ0n) is 11.4. The maximum Gasteiger partial charge on any atom is 0.124 e. The minimum Gasteiger partial charge on any atom is -0.384 e. The number of nitrogens with one attached hydrogen (secondary N) is 1. The smallest absolute Gasteiger partial charge is 0.124 e. The monoisotopic (exact) mass is 233 g/mol. The maximum atomic E-state index is 7.64. The molecule has 0 heterocycles. The van der Waals surface area contributed by atoms with Gasteiger partial charge in [-0.25, -0.2) is 0 Å². The lowest BCUT2D eigenvalue weighted by molar-refractivity contribution is 0.505.